The third-order valence-electron chi connectivity index (χ3n) is 5.21. The van der Waals surface area contributed by atoms with Gasteiger partial charge in [0.2, 0.25) is 5.78 Å². The van der Waals surface area contributed by atoms with Crippen LogP contribution in [0, 0.1) is 6.92 Å². The van der Waals surface area contributed by atoms with E-state index < -0.39 is 0 Å². The summed E-state index contributed by atoms with van der Waals surface area (Å²) in [4.78, 5) is 24.2. The Morgan fingerprint density at radius 2 is 2.03 bits per heavy atom. The fraction of sp³-hybridized carbons (Fsp3) is 0.250. The van der Waals surface area contributed by atoms with Gasteiger partial charge in [-0.2, -0.15) is 0 Å². The van der Waals surface area contributed by atoms with Gasteiger partial charge in [0.1, 0.15) is 23.9 Å². The Labute approximate surface area is 174 Å². The molecule has 1 aliphatic rings. The van der Waals surface area contributed by atoms with Gasteiger partial charge in [-0.05, 0) is 57.2 Å². The zero-order chi connectivity index (χ0) is 21.4. The summed E-state index contributed by atoms with van der Waals surface area (Å²) < 4.78 is 19.0. The summed E-state index contributed by atoms with van der Waals surface area (Å²) >= 11 is 0. The van der Waals surface area contributed by atoms with E-state index in [9.17, 15) is 9.59 Å². The molecule has 6 nitrogen and oxygen atoms in total. The number of aryl methyl sites for hydroxylation is 1. The monoisotopic (exact) mass is 405 g/mol. The average molecular weight is 405 g/mol. The summed E-state index contributed by atoms with van der Waals surface area (Å²) in [6.07, 6.45) is 3.77. The maximum absolute atomic E-state index is 12.9. The SMILES string of the molecule is CCn1cc(C=C2Oc3c(ccc(OCC(C)=O)c3C)C2=O)c2cc(OC)ccc21. The van der Waals surface area contributed by atoms with Crippen LogP contribution in [-0.4, -0.2) is 29.9 Å². The number of ketones is 2. The number of carbonyl (C=O) groups excluding carboxylic acids is 2. The Morgan fingerprint density at radius 1 is 1.23 bits per heavy atom. The standard InChI is InChI=1S/C24H23NO5/c1-5-25-12-16(19-11-17(28-4)6-8-20(19)25)10-22-23(27)18-7-9-21(29-13-14(2)26)15(3)24(18)30-22/h6-12H,5,13H2,1-4H3. The van der Waals surface area contributed by atoms with E-state index >= 15 is 0 Å². The lowest BCUT2D eigenvalue weighted by atomic mass is 10.1. The van der Waals surface area contributed by atoms with Crippen LogP contribution < -0.4 is 14.2 Å². The molecule has 0 radical (unpaired) electrons. The van der Waals surface area contributed by atoms with E-state index in [1.54, 1.807) is 25.3 Å². The molecule has 0 aliphatic carbocycles. The van der Waals surface area contributed by atoms with E-state index in [1.807, 2.05) is 31.3 Å². The number of aromatic nitrogens is 1. The number of hydrogen-bond donors (Lipinski definition) is 0. The van der Waals surface area contributed by atoms with Crippen LogP contribution in [0.4, 0.5) is 0 Å². The molecule has 6 heteroatoms. The van der Waals surface area contributed by atoms with Crippen LogP contribution in [-0.2, 0) is 11.3 Å². The highest BCUT2D eigenvalue weighted by atomic mass is 16.5. The van der Waals surface area contributed by atoms with Crippen LogP contribution in [0.5, 0.6) is 17.2 Å². The summed E-state index contributed by atoms with van der Waals surface area (Å²) in [5.74, 6) is 1.77. The van der Waals surface area contributed by atoms with Crippen LogP contribution in [0.1, 0.15) is 35.3 Å². The van der Waals surface area contributed by atoms with Crippen molar-refractivity contribution < 1.29 is 23.8 Å². The summed E-state index contributed by atoms with van der Waals surface area (Å²) in [6.45, 7) is 6.13. The quantitative estimate of drug-likeness (QED) is 0.563. The van der Waals surface area contributed by atoms with Gasteiger partial charge in [0.15, 0.2) is 11.5 Å². The molecular weight excluding hydrogens is 382 g/mol. The zero-order valence-electron chi connectivity index (χ0n) is 17.4. The largest absolute Gasteiger partial charge is 0.497 e. The van der Waals surface area contributed by atoms with Crippen molar-refractivity contribution in [1.82, 2.24) is 4.57 Å². The van der Waals surface area contributed by atoms with E-state index in [1.165, 1.54) is 6.92 Å². The first-order valence-electron chi connectivity index (χ1n) is 9.80. The zero-order valence-corrected chi connectivity index (χ0v) is 17.4. The Balaban J connectivity index is 1.74. The van der Waals surface area contributed by atoms with Gasteiger partial charge in [0.25, 0.3) is 0 Å². The first-order chi connectivity index (χ1) is 14.4. The van der Waals surface area contributed by atoms with Crippen molar-refractivity contribution in [3.8, 4) is 17.2 Å². The number of hydrogen-bond acceptors (Lipinski definition) is 5. The van der Waals surface area contributed by atoms with Crippen LogP contribution in [0.25, 0.3) is 17.0 Å². The molecule has 0 bridgehead atoms. The van der Waals surface area contributed by atoms with Crippen LogP contribution in [0.2, 0.25) is 0 Å². The molecule has 30 heavy (non-hydrogen) atoms. The maximum Gasteiger partial charge on any atom is 0.231 e. The first kappa shape index (κ1) is 19.8. The van der Waals surface area contributed by atoms with Crippen molar-refractivity contribution in [3.63, 3.8) is 0 Å². The van der Waals surface area contributed by atoms with Crippen LogP contribution in [0.3, 0.4) is 0 Å². The van der Waals surface area contributed by atoms with Crippen LogP contribution in [0.15, 0.2) is 42.3 Å². The molecule has 0 unspecified atom stereocenters. The fourth-order valence-electron chi connectivity index (χ4n) is 3.65. The molecule has 0 fully saturated rings. The molecule has 4 rings (SSSR count). The Kier molecular flexibility index (Phi) is 5.08. The lowest BCUT2D eigenvalue weighted by molar-refractivity contribution is -0.118. The minimum atomic E-state index is -0.175. The second-order valence-electron chi connectivity index (χ2n) is 7.25. The van der Waals surface area contributed by atoms with Gasteiger partial charge < -0.3 is 18.8 Å². The molecular formula is C24H23NO5. The predicted octanol–water partition coefficient (Wildman–Crippen LogP) is 4.56. The van der Waals surface area contributed by atoms with E-state index in [-0.39, 0.29) is 23.9 Å². The molecule has 2 heterocycles. The minimum Gasteiger partial charge on any atom is -0.497 e. The Hall–Kier alpha value is -3.54. The molecule has 1 aromatic heterocycles. The Bertz CT molecular complexity index is 1200. The van der Waals surface area contributed by atoms with E-state index in [0.29, 0.717) is 22.6 Å². The summed E-state index contributed by atoms with van der Waals surface area (Å²) in [7, 11) is 1.63. The van der Waals surface area contributed by atoms with E-state index in [4.69, 9.17) is 14.2 Å². The highest BCUT2D eigenvalue weighted by molar-refractivity contribution is 6.15. The number of rotatable bonds is 6. The van der Waals surface area contributed by atoms with Crippen molar-refractivity contribution >= 4 is 28.5 Å². The molecule has 0 saturated carbocycles. The summed E-state index contributed by atoms with van der Waals surface area (Å²) in [5, 5.41) is 0.984. The van der Waals surface area contributed by atoms with Gasteiger partial charge in [0.05, 0.1) is 12.7 Å². The summed E-state index contributed by atoms with van der Waals surface area (Å²) in [6, 6.07) is 9.27. The van der Waals surface area contributed by atoms with Gasteiger partial charge >= 0.3 is 0 Å². The lowest BCUT2D eigenvalue weighted by Crippen LogP contribution is -2.07. The molecule has 0 spiro atoms. The third kappa shape index (κ3) is 3.34. The number of allylic oxidation sites excluding steroid dienone is 1. The molecule has 0 atom stereocenters. The van der Waals surface area contributed by atoms with Crippen molar-refractivity contribution in [2.75, 3.05) is 13.7 Å². The highest BCUT2D eigenvalue weighted by Gasteiger charge is 2.30. The predicted molar refractivity (Wildman–Crippen MR) is 114 cm³/mol. The topological polar surface area (TPSA) is 66.8 Å². The van der Waals surface area contributed by atoms with Gasteiger partial charge in [-0.1, -0.05) is 0 Å². The number of nitrogens with zero attached hydrogens (tertiary/aromatic N) is 1. The fourth-order valence-corrected chi connectivity index (χ4v) is 3.65. The highest BCUT2D eigenvalue weighted by Crippen LogP contribution is 2.40. The number of methoxy groups -OCH3 is 1. The first-order valence-corrected chi connectivity index (χ1v) is 9.80. The second kappa shape index (κ2) is 7.71. The molecule has 0 saturated heterocycles. The van der Waals surface area contributed by atoms with Crippen molar-refractivity contribution in [2.45, 2.75) is 27.3 Å². The molecule has 3 aromatic rings. The number of fused-ring (bicyclic) bond motifs is 2. The van der Waals surface area contributed by atoms with Crippen LogP contribution >= 0.6 is 0 Å². The van der Waals surface area contributed by atoms with E-state index in [0.717, 1.165) is 28.8 Å². The van der Waals surface area contributed by atoms with Crippen molar-refractivity contribution in [3.05, 3.63) is 59.0 Å². The maximum atomic E-state index is 12.9. The molecule has 154 valence electrons. The normalized spacial score (nSPS) is 14.1. The molecule has 2 aromatic carbocycles. The number of ether oxygens (including phenoxy) is 3. The van der Waals surface area contributed by atoms with Gasteiger partial charge in [0, 0.05) is 34.8 Å². The second-order valence-corrected chi connectivity index (χ2v) is 7.25. The van der Waals surface area contributed by atoms with Gasteiger partial charge in [-0.15, -0.1) is 0 Å². The Morgan fingerprint density at radius 3 is 2.73 bits per heavy atom. The van der Waals surface area contributed by atoms with Crippen molar-refractivity contribution in [1.29, 1.82) is 0 Å². The smallest absolute Gasteiger partial charge is 0.231 e. The number of benzene rings is 2. The van der Waals surface area contributed by atoms with Gasteiger partial charge in [-0.3, -0.25) is 9.59 Å². The minimum absolute atomic E-state index is 0.0192. The third-order valence-corrected chi connectivity index (χ3v) is 5.21. The van der Waals surface area contributed by atoms with Gasteiger partial charge in [-0.25, -0.2) is 0 Å². The van der Waals surface area contributed by atoms with Crippen molar-refractivity contribution in [2.24, 2.45) is 0 Å². The summed E-state index contributed by atoms with van der Waals surface area (Å²) in [5.41, 5.74) is 3.13. The molecule has 0 amide bonds. The molecule has 0 N–H and O–H groups in total. The van der Waals surface area contributed by atoms with E-state index in [2.05, 4.69) is 11.5 Å². The average Bonchev–Trinajstić information content (AvgIpc) is 3.25. The lowest BCUT2D eigenvalue weighted by Gasteiger charge is -2.10. The number of Topliss-reactive ketones (excluding diaryl/α,β-unsaturated/α-hetero) is 2. The molecule has 1 aliphatic heterocycles. The number of carbonyl (C=O) groups is 2.